The number of rotatable bonds is 6. The van der Waals surface area contributed by atoms with Crippen LogP contribution in [-0.2, 0) is 14.8 Å². The van der Waals surface area contributed by atoms with Gasteiger partial charge in [0.2, 0.25) is 16.0 Å². The van der Waals surface area contributed by atoms with Crippen molar-refractivity contribution in [3.63, 3.8) is 0 Å². The Morgan fingerprint density at radius 3 is 2.50 bits per heavy atom. The monoisotopic (exact) mass is 555 g/mol. The molecule has 0 bridgehead atoms. The standard InChI is InChI=1S/C20H20FN7O2S.C2HF3O2/c1-3-28(18-6-4-5-16-14(18)10-24-27-16)19-15(21)11-23-20(26-19)25-17-9-13(31(22,29)30)8-7-12(17)2;3-2(4,5)1(6)7/h4-11H,3H2,1-2H3,(H,24,27)(H2,22,29,30)(H,23,25,26);(H,6,7). The first-order valence-corrected chi connectivity index (χ1v) is 12.2. The Hall–Kier alpha value is -4.31. The number of primary sulfonamides is 1. The second kappa shape index (κ2) is 11.0. The van der Waals surface area contributed by atoms with E-state index in [4.69, 9.17) is 15.0 Å². The zero-order valence-electron chi connectivity index (χ0n) is 19.8. The van der Waals surface area contributed by atoms with Crippen LogP contribution in [0.1, 0.15) is 12.5 Å². The Labute approximate surface area is 213 Å². The van der Waals surface area contributed by atoms with Crippen LogP contribution < -0.4 is 15.4 Å². The summed E-state index contributed by atoms with van der Waals surface area (Å²) in [6.07, 6.45) is -2.34. The van der Waals surface area contributed by atoms with Crippen molar-refractivity contribution in [2.45, 2.75) is 24.9 Å². The van der Waals surface area contributed by atoms with E-state index in [0.29, 0.717) is 12.2 Å². The summed E-state index contributed by atoms with van der Waals surface area (Å²) in [5.74, 6) is -3.16. The second-order valence-corrected chi connectivity index (χ2v) is 9.23. The van der Waals surface area contributed by atoms with Gasteiger partial charge in [0.15, 0.2) is 11.6 Å². The van der Waals surface area contributed by atoms with Crippen LogP contribution in [0.2, 0.25) is 0 Å². The number of aryl methyl sites for hydroxylation is 1. The van der Waals surface area contributed by atoms with Gasteiger partial charge in [-0.25, -0.2) is 27.7 Å². The average molecular weight is 556 g/mol. The van der Waals surface area contributed by atoms with Crippen LogP contribution in [0.4, 0.5) is 40.7 Å². The molecule has 16 heteroatoms. The number of aromatic amines is 1. The first-order valence-electron chi connectivity index (χ1n) is 10.6. The Morgan fingerprint density at radius 2 is 1.89 bits per heavy atom. The van der Waals surface area contributed by atoms with Gasteiger partial charge in [-0.3, -0.25) is 5.10 Å². The molecule has 38 heavy (non-hydrogen) atoms. The third-order valence-corrected chi connectivity index (χ3v) is 5.99. The Morgan fingerprint density at radius 1 is 1.21 bits per heavy atom. The van der Waals surface area contributed by atoms with E-state index in [1.807, 2.05) is 25.1 Å². The lowest BCUT2D eigenvalue weighted by Gasteiger charge is -2.23. The number of fused-ring (bicyclic) bond motifs is 1. The van der Waals surface area contributed by atoms with Crippen LogP contribution in [0.5, 0.6) is 0 Å². The molecule has 0 aliphatic rings. The number of hydrogen-bond donors (Lipinski definition) is 4. The van der Waals surface area contributed by atoms with E-state index in [0.717, 1.165) is 28.4 Å². The van der Waals surface area contributed by atoms with Crippen molar-refractivity contribution in [3.8, 4) is 0 Å². The van der Waals surface area contributed by atoms with Gasteiger partial charge in [0, 0.05) is 17.6 Å². The van der Waals surface area contributed by atoms with Gasteiger partial charge in [-0.05, 0) is 43.7 Å². The average Bonchev–Trinajstić information content (AvgIpc) is 3.32. The highest BCUT2D eigenvalue weighted by Crippen LogP contribution is 2.32. The van der Waals surface area contributed by atoms with Crippen LogP contribution in [0.15, 0.2) is 53.7 Å². The fourth-order valence-corrected chi connectivity index (χ4v) is 3.80. The molecule has 0 aliphatic carbocycles. The number of hydrogen-bond acceptors (Lipinski definition) is 8. The number of aromatic nitrogens is 4. The molecule has 0 atom stereocenters. The first-order chi connectivity index (χ1) is 17.7. The highest BCUT2D eigenvalue weighted by Gasteiger charge is 2.38. The predicted molar refractivity (Wildman–Crippen MR) is 130 cm³/mol. The van der Waals surface area contributed by atoms with Crippen molar-refractivity contribution in [1.82, 2.24) is 20.2 Å². The minimum absolute atomic E-state index is 0.0512. The highest BCUT2D eigenvalue weighted by molar-refractivity contribution is 7.89. The van der Waals surface area contributed by atoms with Crippen molar-refractivity contribution >= 4 is 50.0 Å². The lowest BCUT2D eigenvalue weighted by atomic mass is 10.2. The van der Waals surface area contributed by atoms with Crippen molar-refractivity contribution < 1.29 is 35.9 Å². The van der Waals surface area contributed by atoms with E-state index < -0.39 is 28.0 Å². The summed E-state index contributed by atoms with van der Waals surface area (Å²) in [5.41, 5.74) is 2.75. The minimum atomic E-state index is -5.08. The summed E-state index contributed by atoms with van der Waals surface area (Å²) < 4.78 is 69.8. The summed E-state index contributed by atoms with van der Waals surface area (Å²) in [5, 5.41) is 23.1. The summed E-state index contributed by atoms with van der Waals surface area (Å²) in [6, 6.07) is 10.0. The number of halogens is 4. The van der Waals surface area contributed by atoms with Gasteiger partial charge < -0.3 is 15.3 Å². The number of carboxylic acid groups (broad SMARTS) is 1. The van der Waals surface area contributed by atoms with E-state index in [9.17, 15) is 26.0 Å². The van der Waals surface area contributed by atoms with Gasteiger partial charge in [-0.2, -0.15) is 23.3 Å². The van der Waals surface area contributed by atoms with Gasteiger partial charge in [-0.1, -0.05) is 12.1 Å². The molecule has 0 radical (unpaired) electrons. The quantitative estimate of drug-likeness (QED) is 0.257. The van der Waals surface area contributed by atoms with Gasteiger partial charge >= 0.3 is 12.1 Å². The number of anilines is 4. The molecule has 0 saturated carbocycles. The van der Waals surface area contributed by atoms with E-state index in [-0.39, 0.29) is 16.7 Å². The summed E-state index contributed by atoms with van der Waals surface area (Å²) in [4.78, 5) is 18.9. The van der Waals surface area contributed by atoms with Crippen LogP contribution in [0, 0.1) is 12.7 Å². The number of alkyl halides is 3. The molecule has 0 unspecified atom stereocenters. The number of aliphatic carboxylic acids is 1. The van der Waals surface area contributed by atoms with Gasteiger partial charge in [0.1, 0.15) is 0 Å². The molecular weight excluding hydrogens is 534 g/mol. The molecular formula is C22H21F4N7O4S. The number of carbonyl (C=O) groups is 1. The SMILES string of the molecule is CCN(c1nc(Nc2cc(S(N)(=O)=O)ccc2C)ncc1F)c1cccc2[nH]ncc12.O=C(O)C(F)(F)F. The third kappa shape index (κ3) is 6.51. The fraction of sp³-hybridized carbons (Fsp3) is 0.182. The largest absolute Gasteiger partial charge is 0.490 e. The zero-order chi connectivity index (χ0) is 28.3. The topological polar surface area (TPSA) is 167 Å². The Balaban J connectivity index is 0.000000505. The maximum atomic E-state index is 14.7. The predicted octanol–water partition coefficient (Wildman–Crippen LogP) is 3.98. The molecule has 0 spiro atoms. The van der Waals surface area contributed by atoms with Crippen LogP contribution in [0.25, 0.3) is 10.9 Å². The summed E-state index contributed by atoms with van der Waals surface area (Å²) >= 11 is 0. The molecule has 2 aromatic heterocycles. The molecule has 4 aromatic rings. The Bertz CT molecular complexity index is 1580. The number of sulfonamides is 1. The molecule has 0 fully saturated rings. The number of benzene rings is 2. The van der Waals surface area contributed by atoms with E-state index >= 15 is 0 Å². The maximum Gasteiger partial charge on any atom is 0.490 e. The summed E-state index contributed by atoms with van der Waals surface area (Å²) in [7, 11) is -3.88. The van der Waals surface area contributed by atoms with Gasteiger partial charge in [0.25, 0.3) is 0 Å². The van der Waals surface area contributed by atoms with E-state index in [1.165, 1.54) is 12.1 Å². The summed E-state index contributed by atoms with van der Waals surface area (Å²) in [6.45, 7) is 4.11. The minimum Gasteiger partial charge on any atom is -0.475 e. The molecule has 0 saturated heterocycles. The Kier molecular flexibility index (Phi) is 8.16. The number of nitrogens with one attached hydrogen (secondary N) is 2. The molecule has 5 N–H and O–H groups in total. The van der Waals surface area contributed by atoms with Crippen molar-refractivity contribution in [1.29, 1.82) is 0 Å². The molecule has 2 aromatic carbocycles. The van der Waals surface area contributed by atoms with E-state index in [2.05, 4.69) is 25.5 Å². The van der Waals surface area contributed by atoms with Gasteiger partial charge in [0.05, 0.1) is 28.5 Å². The number of nitrogens with two attached hydrogens (primary N) is 1. The first kappa shape index (κ1) is 28.3. The van der Waals surface area contributed by atoms with E-state index in [1.54, 1.807) is 24.1 Å². The number of carboxylic acids is 1. The molecule has 0 aliphatic heterocycles. The smallest absolute Gasteiger partial charge is 0.475 e. The lowest BCUT2D eigenvalue weighted by molar-refractivity contribution is -0.192. The molecule has 0 amide bonds. The zero-order valence-corrected chi connectivity index (χ0v) is 20.6. The third-order valence-electron chi connectivity index (χ3n) is 5.08. The van der Waals surface area contributed by atoms with Crippen molar-refractivity contribution in [2.75, 3.05) is 16.8 Å². The lowest BCUT2D eigenvalue weighted by Crippen LogP contribution is -2.21. The molecule has 2 heterocycles. The fourth-order valence-electron chi connectivity index (χ4n) is 3.26. The second-order valence-electron chi connectivity index (χ2n) is 7.67. The normalized spacial score (nSPS) is 11.6. The number of H-pyrrole nitrogens is 1. The molecule has 202 valence electrons. The van der Waals surface area contributed by atoms with Gasteiger partial charge in [-0.15, -0.1) is 0 Å². The van der Waals surface area contributed by atoms with Crippen LogP contribution in [-0.4, -0.2) is 52.4 Å². The maximum absolute atomic E-state index is 14.7. The van der Waals surface area contributed by atoms with Crippen molar-refractivity contribution in [2.24, 2.45) is 5.14 Å². The molecule has 4 rings (SSSR count). The number of nitrogens with zero attached hydrogens (tertiary/aromatic N) is 4. The van der Waals surface area contributed by atoms with Crippen LogP contribution in [0.3, 0.4) is 0 Å². The molecule has 11 nitrogen and oxygen atoms in total. The van der Waals surface area contributed by atoms with Crippen LogP contribution >= 0.6 is 0 Å². The highest BCUT2D eigenvalue weighted by atomic mass is 32.2. The van der Waals surface area contributed by atoms with Crippen molar-refractivity contribution in [3.05, 3.63) is 60.2 Å².